The number of carboxylic acid groups (broad SMARTS) is 2. The summed E-state index contributed by atoms with van der Waals surface area (Å²) < 4.78 is 0. The Hall–Kier alpha value is -3.42. The highest BCUT2D eigenvalue weighted by Gasteiger charge is 2.06. The van der Waals surface area contributed by atoms with E-state index in [1.165, 1.54) is 36.4 Å². The fraction of sp³-hybridized carbons (Fsp3) is 0.125. The van der Waals surface area contributed by atoms with Gasteiger partial charge in [0.2, 0.25) is 0 Å². The average Bonchev–Trinajstić information content (AvgIpc) is 2.46. The Bertz CT molecular complexity index is 739. The summed E-state index contributed by atoms with van der Waals surface area (Å²) >= 11 is 0. The minimum atomic E-state index is -1.05. The van der Waals surface area contributed by atoms with Gasteiger partial charge in [-0.3, -0.25) is 9.59 Å². The van der Waals surface area contributed by atoms with Gasteiger partial charge in [0.25, 0.3) is 0 Å². The molecule has 0 aromatic heterocycles. The van der Waals surface area contributed by atoms with Crippen molar-refractivity contribution in [3.05, 3.63) is 47.5 Å². The Morgan fingerprint density at radius 2 is 1.29 bits per heavy atom. The Morgan fingerprint density at radius 3 is 1.83 bits per heavy atom. The third-order valence-corrected chi connectivity index (χ3v) is 2.80. The molecule has 2 aromatic carbocycles. The molecule has 8 nitrogen and oxygen atoms in total. The Morgan fingerprint density at radius 1 is 0.708 bits per heavy atom. The number of carbonyl (C=O) groups is 2. The normalized spacial score (nSPS) is 9.67. The van der Waals surface area contributed by atoms with Gasteiger partial charge in [-0.25, -0.2) is 0 Å². The van der Waals surface area contributed by atoms with E-state index in [0.717, 1.165) is 0 Å². The van der Waals surface area contributed by atoms with Crippen LogP contribution in [-0.4, -0.2) is 42.6 Å². The van der Waals surface area contributed by atoms with Crippen molar-refractivity contribution in [1.29, 1.82) is 0 Å². The SMILES string of the molecule is O=C(O)Cc1cc(O)ccc1O.O=C(O)Cc1ccc(O)c(O)c1. The molecular weight excluding hydrogens is 320 g/mol. The van der Waals surface area contributed by atoms with Gasteiger partial charge in [-0.05, 0) is 35.9 Å². The number of aromatic hydroxyl groups is 4. The van der Waals surface area contributed by atoms with Gasteiger partial charge >= 0.3 is 11.9 Å². The fourth-order valence-electron chi connectivity index (χ4n) is 1.73. The van der Waals surface area contributed by atoms with Crippen LogP contribution in [0.4, 0.5) is 0 Å². The summed E-state index contributed by atoms with van der Waals surface area (Å²) in [7, 11) is 0. The second-order valence-corrected chi connectivity index (χ2v) is 4.78. The largest absolute Gasteiger partial charge is 0.508 e. The van der Waals surface area contributed by atoms with E-state index in [0.29, 0.717) is 5.56 Å². The molecule has 0 saturated carbocycles. The quantitative estimate of drug-likeness (QED) is 0.362. The van der Waals surface area contributed by atoms with E-state index in [-0.39, 0.29) is 41.4 Å². The molecule has 0 aliphatic carbocycles. The van der Waals surface area contributed by atoms with Gasteiger partial charge in [0, 0.05) is 5.56 Å². The molecule has 6 N–H and O–H groups in total. The molecule has 128 valence electrons. The molecule has 0 unspecified atom stereocenters. The zero-order valence-electron chi connectivity index (χ0n) is 12.4. The van der Waals surface area contributed by atoms with Gasteiger partial charge in [0.05, 0.1) is 12.8 Å². The summed E-state index contributed by atoms with van der Waals surface area (Å²) in [6.07, 6.45) is -0.450. The molecule has 2 rings (SSSR count). The van der Waals surface area contributed by atoms with Crippen LogP contribution in [0.2, 0.25) is 0 Å². The molecule has 0 radical (unpaired) electrons. The molecular formula is C16H16O8. The van der Waals surface area contributed by atoms with Crippen molar-refractivity contribution in [2.45, 2.75) is 12.8 Å². The van der Waals surface area contributed by atoms with Crippen LogP contribution in [0.25, 0.3) is 0 Å². The van der Waals surface area contributed by atoms with Crippen molar-refractivity contribution in [1.82, 2.24) is 0 Å². The number of phenols is 4. The van der Waals surface area contributed by atoms with Gasteiger partial charge in [-0.2, -0.15) is 0 Å². The van der Waals surface area contributed by atoms with Gasteiger partial charge in [0.15, 0.2) is 11.5 Å². The first-order chi connectivity index (χ1) is 11.2. The predicted molar refractivity (Wildman–Crippen MR) is 82.2 cm³/mol. The van der Waals surface area contributed by atoms with Crippen LogP contribution >= 0.6 is 0 Å². The zero-order valence-corrected chi connectivity index (χ0v) is 12.4. The van der Waals surface area contributed by atoms with E-state index in [9.17, 15) is 9.59 Å². The maximum Gasteiger partial charge on any atom is 0.307 e. The average molecular weight is 336 g/mol. The highest BCUT2D eigenvalue weighted by molar-refractivity contribution is 5.71. The summed E-state index contributed by atoms with van der Waals surface area (Å²) in [4.78, 5) is 20.5. The summed E-state index contributed by atoms with van der Waals surface area (Å²) in [6.45, 7) is 0. The first-order valence-corrected chi connectivity index (χ1v) is 6.64. The van der Waals surface area contributed by atoms with Crippen molar-refractivity contribution in [3.8, 4) is 23.0 Å². The Kier molecular flexibility index (Phi) is 6.42. The highest BCUT2D eigenvalue weighted by atomic mass is 16.4. The topological polar surface area (TPSA) is 156 Å². The number of aliphatic carboxylic acids is 2. The number of hydrogen-bond acceptors (Lipinski definition) is 6. The van der Waals surface area contributed by atoms with E-state index in [4.69, 9.17) is 30.6 Å². The third-order valence-electron chi connectivity index (χ3n) is 2.80. The van der Waals surface area contributed by atoms with E-state index < -0.39 is 11.9 Å². The lowest BCUT2D eigenvalue weighted by Crippen LogP contribution is -1.99. The molecule has 0 aliphatic rings. The monoisotopic (exact) mass is 336 g/mol. The predicted octanol–water partition coefficient (Wildman–Crippen LogP) is 1.45. The van der Waals surface area contributed by atoms with Crippen LogP contribution in [-0.2, 0) is 22.4 Å². The van der Waals surface area contributed by atoms with Gasteiger partial charge < -0.3 is 30.6 Å². The van der Waals surface area contributed by atoms with E-state index in [1.54, 1.807) is 0 Å². The van der Waals surface area contributed by atoms with E-state index in [2.05, 4.69) is 0 Å². The van der Waals surface area contributed by atoms with Gasteiger partial charge in [0.1, 0.15) is 11.5 Å². The zero-order chi connectivity index (χ0) is 18.3. The Labute approximate surface area is 136 Å². The van der Waals surface area contributed by atoms with Crippen LogP contribution in [0.5, 0.6) is 23.0 Å². The molecule has 24 heavy (non-hydrogen) atoms. The maximum atomic E-state index is 10.2. The molecule has 0 bridgehead atoms. The number of carboxylic acids is 2. The molecule has 2 aromatic rings. The van der Waals surface area contributed by atoms with Crippen LogP contribution in [0.15, 0.2) is 36.4 Å². The number of rotatable bonds is 4. The molecule has 0 saturated heterocycles. The first-order valence-electron chi connectivity index (χ1n) is 6.64. The molecule has 0 amide bonds. The lowest BCUT2D eigenvalue weighted by molar-refractivity contribution is -0.137. The summed E-state index contributed by atoms with van der Waals surface area (Å²) in [5.74, 6) is -2.73. The Balaban J connectivity index is 0.000000240. The molecule has 0 spiro atoms. The third kappa shape index (κ3) is 6.14. The second kappa shape index (κ2) is 8.28. The van der Waals surface area contributed by atoms with E-state index >= 15 is 0 Å². The number of phenolic OH excluding ortho intramolecular Hbond substituents is 4. The van der Waals surface area contributed by atoms with Crippen LogP contribution in [0.1, 0.15) is 11.1 Å². The molecule has 8 heteroatoms. The molecule has 0 atom stereocenters. The van der Waals surface area contributed by atoms with Crippen molar-refractivity contribution in [2.24, 2.45) is 0 Å². The number of benzene rings is 2. The molecule has 0 heterocycles. The van der Waals surface area contributed by atoms with E-state index in [1.807, 2.05) is 0 Å². The minimum absolute atomic E-state index is 0.0518. The minimum Gasteiger partial charge on any atom is -0.508 e. The summed E-state index contributed by atoms with van der Waals surface area (Å²) in [5, 5.41) is 52.7. The first kappa shape index (κ1) is 18.6. The molecule has 0 aliphatic heterocycles. The lowest BCUT2D eigenvalue weighted by atomic mass is 10.1. The van der Waals surface area contributed by atoms with Crippen molar-refractivity contribution in [2.75, 3.05) is 0 Å². The van der Waals surface area contributed by atoms with Crippen LogP contribution in [0, 0.1) is 0 Å². The maximum absolute atomic E-state index is 10.2. The number of hydrogen-bond donors (Lipinski definition) is 6. The van der Waals surface area contributed by atoms with Crippen molar-refractivity contribution in [3.63, 3.8) is 0 Å². The highest BCUT2D eigenvalue weighted by Crippen LogP contribution is 2.25. The van der Waals surface area contributed by atoms with Gasteiger partial charge in [-0.15, -0.1) is 0 Å². The second-order valence-electron chi connectivity index (χ2n) is 4.78. The fourth-order valence-corrected chi connectivity index (χ4v) is 1.73. The van der Waals surface area contributed by atoms with Crippen LogP contribution < -0.4 is 0 Å². The lowest BCUT2D eigenvalue weighted by Gasteiger charge is -2.00. The molecule has 0 fully saturated rings. The summed E-state index contributed by atoms with van der Waals surface area (Å²) in [6, 6.07) is 7.71. The summed E-state index contributed by atoms with van der Waals surface area (Å²) in [5.41, 5.74) is 0.667. The van der Waals surface area contributed by atoms with Gasteiger partial charge in [-0.1, -0.05) is 6.07 Å². The smallest absolute Gasteiger partial charge is 0.307 e. The van der Waals surface area contributed by atoms with Crippen molar-refractivity contribution >= 4 is 11.9 Å². The van der Waals surface area contributed by atoms with Crippen LogP contribution in [0.3, 0.4) is 0 Å². The van der Waals surface area contributed by atoms with Crippen molar-refractivity contribution < 1.29 is 40.2 Å². The standard InChI is InChI=1S/2C8H8O4/c9-6-1-2-7(10)5(3-6)4-8(11)12;9-6-2-1-5(3-7(6)10)4-8(11)12/h2*1-3,9-10H,4H2,(H,11,12).